The van der Waals surface area contributed by atoms with E-state index in [1.807, 2.05) is 0 Å². The molecule has 0 saturated heterocycles. The molecule has 0 fully saturated rings. The second-order valence-electron chi connectivity index (χ2n) is 2.86. The van der Waals surface area contributed by atoms with Gasteiger partial charge in [0.25, 0.3) is 0 Å². The first-order chi connectivity index (χ1) is 5.33. The summed E-state index contributed by atoms with van der Waals surface area (Å²) in [6.45, 7) is 0. The Balaban J connectivity index is 2.35. The van der Waals surface area contributed by atoms with E-state index in [0.717, 1.165) is 12.8 Å². The van der Waals surface area contributed by atoms with E-state index in [2.05, 4.69) is 10.8 Å². The van der Waals surface area contributed by atoms with Gasteiger partial charge in [0, 0.05) is 0 Å². The standard InChI is InChI=1S/C9H14O2/c1-11-9(10)7-8-5-3-2-4-6-8/h5H,2-4,6-7H2,1H3. The number of ether oxygens (including phenoxy) is 1. The molecule has 0 aromatic rings. The third-order valence-corrected chi connectivity index (χ3v) is 1.98. The molecule has 0 radical (unpaired) electrons. The van der Waals surface area contributed by atoms with Crippen molar-refractivity contribution in [2.24, 2.45) is 0 Å². The van der Waals surface area contributed by atoms with E-state index in [-0.39, 0.29) is 5.97 Å². The van der Waals surface area contributed by atoms with Gasteiger partial charge in [0.2, 0.25) is 0 Å². The van der Waals surface area contributed by atoms with Gasteiger partial charge in [-0.3, -0.25) is 4.79 Å². The largest absolute Gasteiger partial charge is 0.469 e. The van der Waals surface area contributed by atoms with E-state index < -0.39 is 0 Å². The number of hydrogen-bond donors (Lipinski definition) is 0. The maximum atomic E-state index is 10.8. The highest BCUT2D eigenvalue weighted by molar-refractivity contribution is 5.72. The first-order valence-electron chi connectivity index (χ1n) is 4.07. The van der Waals surface area contributed by atoms with Crippen LogP contribution in [-0.4, -0.2) is 13.1 Å². The molecule has 0 heterocycles. The van der Waals surface area contributed by atoms with Gasteiger partial charge in [-0.2, -0.15) is 0 Å². The van der Waals surface area contributed by atoms with Gasteiger partial charge in [-0.15, -0.1) is 0 Å². The topological polar surface area (TPSA) is 26.3 Å². The zero-order chi connectivity index (χ0) is 8.10. The molecule has 0 aromatic carbocycles. The van der Waals surface area contributed by atoms with Gasteiger partial charge in [0.05, 0.1) is 13.5 Å². The summed E-state index contributed by atoms with van der Waals surface area (Å²) in [5.74, 6) is -0.113. The van der Waals surface area contributed by atoms with Crippen LogP contribution in [0, 0.1) is 0 Å². The zero-order valence-corrected chi connectivity index (χ0v) is 6.93. The molecular weight excluding hydrogens is 140 g/mol. The smallest absolute Gasteiger partial charge is 0.309 e. The number of esters is 1. The van der Waals surface area contributed by atoms with E-state index in [0.29, 0.717) is 6.42 Å². The molecule has 11 heavy (non-hydrogen) atoms. The average molecular weight is 154 g/mol. The molecule has 1 aliphatic rings. The van der Waals surface area contributed by atoms with Crippen LogP contribution in [0.4, 0.5) is 0 Å². The molecule has 0 spiro atoms. The number of rotatable bonds is 2. The highest BCUT2D eigenvalue weighted by Crippen LogP contribution is 2.19. The predicted octanol–water partition coefficient (Wildman–Crippen LogP) is 2.05. The SMILES string of the molecule is COC(=O)CC1=CCCCC1. The molecule has 0 bridgehead atoms. The molecule has 2 nitrogen and oxygen atoms in total. The maximum Gasteiger partial charge on any atom is 0.309 e. The Kier molecular flexibility index (Phi) is 3.14. The summed E-state index contributed by atoms with van der Waals surface area (Å²) in [4.78, 5) is 10.8. The van der Waals surface area contributed by atoms with Crippen LogP contribution in [0.1, 0.15) is 32.1 Å². The predicted molar refractivity (Wildman–Crippen MR) is 43.2 cm³/mol. The summed E-state index contributed by atoms with van der Waals surface area (Å²) in [7, 11) is 1.44. The van der Waals surface area contributed by atoms with Gasteiger partial charge < -0.3 is 4.74 Å². The second kappa shape index (κ2) is 4.16. The fourth-order valence-corrected chi connectivity index (χ4v) is 1.32. The lowest BCUT2D eigenvalue weighted by atomic mass is 9.97. The van der Waals surface area contributed by atoms with E-state index >= 15 is 0 Å². The van der Waals surface area contributed by atoms with Crippen molar-refractivity contribution < 1.29 is 9.53 Å². The van der Waals surface area contributed by atoms with Crippen molar-refractivity contribution in [3.63, 3.8) is 0 Å². The van der Waals surface area contributed by atoms with Crippen molar-refractivity contribution in [1.82, 2.24) is 0 Å². The Morgan fingerprint density at radius 1 is 1.64 bits per heavy atom. The average Bonchev–Trinajstić information content (AvgIpc) is 2.06. The van der Waals surface area contributed by atoms with Crippen molar-refractivity contribution >= 4 is 5.97 Å². The second-order valence-corrected chi connectivity index (χ2v) is 2.86. The van der Waals surface area contributed by atoms with Crippen molar-refractivity contribution in [3.8, 4) is 0 Å². The van der Waals surface area contributed by atoms with Crippen molar-refractivity contribution in [3.05, 3.63) is 11.6 Å². The molecule has 0 aliphatic heterocycles. The van der Waals surface area contributed by atoms with Crippen LogP contribution in [0.25, 0.3) is 0 Å². The minimum atomic E-state index is -0.113. The summed E-state index contributed by atoms with van der Waals surface area (Å²) >= 11 is 0. The number of carbonyl (C=O) groups excluding carboxylic acids is 1. The molecule has 0 atom stereocenters. The summed E-state index contributed by atoms with van der Waals surface area (Å²) in [6.07, 6.45) is 7.37. The van der Waals surface area contributed by atoms with Gasteiger partial charge in [-0.1, -0.05) is 11.6 Å². The van der Waals surface area contributed by atoms with Crippen LogP contribution in [0.2, 0.25) is 0 Å². The molecule has 0 aromatic heterocycles. The molecule has 0 unspecified atom stereocenters. The third-order valence-electron chi connectivity index (χ3n) is 1.98. The normalized spacial score (nSPS) is 17.4. The van der Waals surface area contributed by atoms with Crippen LogP contribution >= 0.6 is 0 Å². The van der Waals surface area contributed by atoms with Crippen molar-refractivity contribution in [2.45, 2.75) is 32.1 Å². The minimum Gasteiger partial charge on any atom is -0.469 e. The van der Waals surface area contributed by atoms with Gasteiger partial charge in [-0.05, 0) is 25.7 Å². The third kappa shape index (κ3) is 2.74. The number of methoxy groups -OCH3 is 1. The van der Waals surface area contributed by atoms with Crippen molar-refractivity contribution in [1.29, 1.82) is 0 Å². The Morgan fingerprint density at radius 3 is 3.00 bits per heavy atom. The van der Waals surface area contributed by atoms with Gasteiger partial charge in [0.1, 0.15) is 0 Å². The Bertz CT molecular complexity index is 170. The lowest BCUT2D eigenvalue weighted by molar-refractivity contribution is -0.139. The van der Waals surface area contributed by atoms with E-state index in [1.165, 1.54) is 25.5 Å². The molecular formula is C9H14O2. The zero-order valence-electron chi connectivity index (χ0n) is 6.93. The molecule has 0 N–H and O–H groups in total. The summed E-state index contributed by atoms with van der Waals surface area (Å²) < 4.78 is 4.57. The Morgan fingerprint density at radius 2 is 2.45 bits per heavy atom. The lowest BCUT2D eigenvalue weighted by Gasteiger charge is -2.10. The quantitative estimate of drug-likeness (QED) is 0.449. The van der Waals surface area contributed by atoms with Crippen LogP contribution in [0.3, 0.4) is 0 Å². The lowest BCUT2D eigenvalue weighted by Crippen LogP contribution is -2.03. The van der Waals surface area contributed by atoms with Crippen LogP contribution in [0.15, 0.2) is 11.6 Å². The molecule has 1 rings (SSSR count). The Hall–Kier alpha value is -0.790. The first kappa shape index (κ1) is 8.31. The fourth-order valence-electron chi connectivity index (χ4n) is 1.32. The molecule has 0 amide bonds. The maximum absolute atomic E-state index is 10.8. The van der Waals surface area contributed by atoms with Gasteiger partial charge >= 0.3 is 5.97 Å². The number of allylic oxidation sites excluding steroid dienone is 1. The number of carbonyl (C=O) groups is 1. The minimum absolute atomic E-state index is 0.113. The first-order valence-corrected chi connectivity index (χ1v) is 4.07. The van der Waals surface area contributed by atoms with Gasteiger partial charge in [0.15, 0.2) is 0 Å². The van der Waals surface area contributed by atoms with Gasteiger partial charge in [-0.25, -0.2) is 0 Å². The highest BCUT2D eigenvalue weighted by Gasteiger charge is 2.07. The fraction of sp³-hybridized carbons (Fsp3) is 0.667. The van der Waals surface area contributed by atoms with Crippen molar-refractivity contribution in [2.75, 3.05) is 7.11 Å². The van der Waals surface area contributed by atoms with Crippen LogP contribution in [0.5, 0.6) is 0 Å². The summed E-state index contributed by atoms with van der Waals surface area (Å²) in [6, 6.07) is 0. The van der Waals surface area contributed by atoms with Crippen LogP contribution in [-0.2, 0) is 9.53 Å². The molecule has 1 aliphatic carbocycles. The molecule has 2 heteroatoms. The summed E-state index contributed by atoms with van der Waals surface area (Å²) in [5.41, 5.74) is 1.25. The number of hydrogen-bond acceptors (Lipinski definition) is 2. The summed E-state index contributed by atoms with van der Waals surface area (Å²) in [5, 5.41) is 0. The Labute approximate surface area is 67.2 Å². The van der Waals surface area contributed by atoms with E-state index in [9.17, 15) is 4.79 Å². The van der Waals surface area contributed by atoms with Crippen LogP contribution < -0.4 is 0 Å². The molecule has 0 saturated carbocycles. The van der Waals surface area contributed by atoms with E-state index in [4.69, 9.17) is 0 Å². The monoisotopic (exact) mass is 154 g/mol. The van der Waals surface area contributed by atoms with E-state index in [1.54, 1.807) is 0 Å². The highest BCUT2D eigenvalue weighted by atomic mass is 16.5. The molecule has 62 valence electrons.